The van der Waals surface area contributed by atoms with E-state index in [0.717, 1.165) is 88.8 Å². The fourth-order valence-electron chi connectivity index (χ4n) is 6.93. The van der Waals surface area contributed by atoms with E-state index >= 15 is 0 Å². The maximum absolute atomic E-state index is 6.19. The Balaban J connectivity index is 0.000000196. The third-order valence-corrected chi connectivity index (χ3v) is 14.8. The maximum atomic E-state index is 6.19. The van der Waals surface area contributed by atoms with E-state index in [1.165, 1.54) is 87.8 Å². The molecule has 0 aromatic carbocycles. The Hall–Kier alpha value is -2.05. The minimum atomic E-state index is -1.15. The minimum Gasteiger partial charge on any atom is -0.361 e. The predicted molar refractivity (Wildman–Crippen MR) is 255 cm³/mol. The molecule has 8 rings (SSSR count). The number of imidazole rings is 2. The van der Waals surface area contributed by atoms with Crippen molar-refractivity contribution in [2.45, 2.75) is 91.1 Å². The Morgan fingerprint density at radius 3 is 1.96 bits per heavy atom. The van der Waals surface area contributed by atoms with Crippen LogP contribution >= 0.6 is 80.7 Å². The van der Waals surface area contributed by atoms with Crippen molar-refractivity contribution in [3.05, 3.63) is 67.1 Å². The molecular weight excluding hydrogens is 1020 g/mol. The van der Waals surface area contributed by atoms with Gasteiger partial charge in [0.1, 0.15) is 24.1 Å². The largest absolute Gasteiger partial charge is 0.361 e. The number of rotatable bonds is 13. The summed E-state index contributed by atoms with van der Waals surface area (Å²) in [5.74, 6) is 1.61. The second-order valence-corrected chi connectivity index (χ2v) is 25.3. The molecule has 0 aliphatic carbocycles. The number of hydrogen-bond acceptors (Lipinski definition) is 13. The number of aromatic nitrogens is 8. The van der Waals surface area contributed by atoms with Crippen LogP contribution in [0.2, 0.25) is 25.7 Å². The van der Waals surface area contributed by atoms with E-state index in [4.69, 9.17) is 14.1 Å². The summed E-state index contributed by atoms with van der Waals surface area (Å²) in [5, 5.41) is 5.47. The zero-order valence-corrected chi connectivity index (χ0v) is 41.1. The molecule has 0 spiro atoms. The van der Waals surface area contributed by atoms with E-state index < -0.39 is 8.07 Å². The highest BCUT2D eigenvalue weighted by Crippen LogP contribution is 2.33. The summed E-state index contributed by atoms with van der Waals surface area (Å²) in [6.45, 7) is 18.9. The first-order valence-corrected chi connectivity index (χ1v) is 26.9. The topological polar surface area (TPSA) is 117 Å². The predicted octanol–water partition coefficient (Wildman–Crippen LogP) is 9.79. The first-order chi connectivity index (χ1) is 27.0. The van der Waals surface area contributed by atoms with Gasteiger partial charge in [-0.25, -0.2) is 19.9 Å². The van der Waals surface area contributed by atoms with Gasteiger partial charge in [-0.3, -0.25) is 23.5 Å². The number of piperidine rings is 2. The summed E-state index contributed by atoms with van der Waals surface area (Å²) in [7, 11) is -1.15. The summed E-state index contributed by atoms with van der Waals surface area (Å²) < 4.78 is 21.9. The van der Waals surface area contributed by atoms with Crippen LogP contribution in [0.25, 0.3) is 11.3 Å². The first-order valence-electron chi connectivity index (χ1n) is 19.5. The van der Waals surface area contributed by atoms with Gasteiger partial charge in [-0.2, -0.15) is 8.75 Å². The second kappa shape index (κ2) is 20.5. The van der Waals surface area contributed by atoms with Crippen LogP contribution < -0.4 is 10.2 Å². The van der Waals surface area contributed by atoms with Crippen LogP contribution in [-0.4, -0.2) is 94.9 Å². The van der Waals surface area contributed by atoms with Gasteiger partial charge in [0.05, 0.1) is 35.2 Å². The van der Waals surface area contributed by atoms with Gasteiger partial charge in [-0.15, -0.1) is 12.4 Å². The molecular formula is C38H53ClI2N12OS2Si. The fraction of sp³-hybridized carbons (Fsp3) is 0.526. The molecule has 0 unspecified atom stereocenters. The number of ether oxygens (including phenoxy) is 1. The quantitative estimate of drug-likeness (QED) is 0.0516. The Morgan fingerprint density at radius 1 is 0.772 bits per heavy atom. The molecule has 6 aromatic heterocycles. The molecule has 0 radical (unpaired) electrons. The molecule has 1 N–H and O–H groups in total. The molecule has 2 aliphatic rings. The standard InChI is InChI=1S/C22H33IN6OSSi.C16H19IN6S.ClH/c1-17-14-28-19(23)13-24-21(28)22(25-17)29(16-30-10-11-32(2,3)4)20-12-18(26-31-20)15-27-8-6-5-7-9-27;1-11-9-23-13(17)8-18-16(23)15(19-11)20-14-7-12(21-24-14)10-22-5-3-2-4-6-22;/h12-14H,5-11,15-16H2,1-4H3;7-9H,2-6,10H2,1H3,(H,19,20);1H. The van der Waals surface area contributed by atoms with Crippen molar-refractivity contribution in [3.8, 4) is 0 Å². The molecule has 2 saturated heterocycles. The lowest BCUT2D eigenvalue weighted by Crippen LogP contribution is -2.29. The van der Waals surface area contributed by atoms with Crippen molar-refractivity contribution in [1.29, 1.82) is 0 Å². The Labute approximate surface area is 378 Å². The minimum absolute atomic E-state index is 0. The molecule has 0 atom stereocenters. The third kappa shape index (κ3) is 12.0. The SMILES string of the molecule is Cc1cn2c(I)cnc2c(N(COCC[Si](C)(C)C)c2cc(CN3CCCCC3)ns2)n1.Cc1cn2c(I)cnc2c(Nc2cc(CN3CCCCC3)ns2)n1.Cl. The van der Waals surface area contributed by atoms with Gasteiger partial charge in [0.15, 0.2) is 22.9 Å². The van der Waals surface area contributed by atoms with Gasteiger partial charge in [-0.05, 0) is 152 Å². The summed E-state index contributed by atoms with van der Waals surface area (Å²) >= 11 is 7.61. The lowest BCUT2D eigenvalue weighted by atomic mass is 10.1. The van der Waals surface area contributed by atoms with Gasteiger partial charge in [-0.1, -0.05) is 32.5 Å². The maximum Gasteiger partial charge on any atom is 0.181 e. The number of nitrogens with zero attached hydrogens (tertiary/aromatic N) is 11. The highest BCUT2D eigenvalue weighted by atomic mass is 127. The summed E-state index contributed by atoms with van der Waals surface area (Å²) in [6.07, 6.45) is 15.7. The van der Waals surface area contributed by atoms with E-state index in [9.17, 15) is 0 Å². The molecule has 57 heavy (non-hydrogen) atoms. The van der Waals surface area contributed by atoms with E-state index in [-0.39, 0.29) is 12.4 Å². The van der Waals surface area contributed by atoms with Crippen LogP contribution in [-0.2, 0) is 17.8 Å². The van der Waals surface area contributed by atoms with Gasteiger partial charge < -0.3 is 10.1 Å². The number of fused-ring (bicyclic) bond motifs is 2. The summed E-state index contributed by atoms with van der Waals surface area (Å²) in [5.41, 5.74) is 5.86. The molecule has 8 heterocycles. The molecule has 0 bridgehead atoms. The van der Waals surface area contributed by atoms with Gasteiger partial charge in [0.2, 0.25) is 0 Å². The molecule has 2 fully saturated rings. The van der Waals surface area contributed by atoms with E-state index in [0.29, 0.717) is 6.73 Å². The zero-order valence-electron chi connectivity index (χ0n) is 33.4. The highest BCUT2D eigenvalue weighted by molar-refractivity contribution is 14.1. The van der Waals surface area contributed by atoms with E-state index in [2.05, 4.69) is 125 Å². The normalized spacial score (nSPS) is 15.4. The van der Waals surface area contributed by atoms with Crippen LogP contribution in [0.4, 0.5) is 21.6 Å². The fourth-order valence-corrected chi connectivity index (χ4v) is 10.1. The molecule has 0 amide bonds. The molecule has 0 saturated carbocycles. The lowest BCUT2D eigenvalue weighted by Gasteiger charge is -2.25. The zero-order chi connectivity index (χ0) is 39.2. The van der Waals surface area contributed by atoms with Crippen LogP contribution in [0.15, 0.2) is 36.9 Å². The number of anilines is 4. The summed E-state index contributed by atoms with van der Waals surface area (Å²) in [6, 6.07) is 5.48. The Kier molecular flexibility index (Phi) is 16.0. The van der Waals surface area contributed by atoms with E-state index in [1.54, 1.807) is 0 Å². The Morgan fingerprint density at radius 2 is 1.33 bits per heavy atom. The van der Waals surface area contributed by atoms with Crippen molar-refractivity contribution in [2.75, 3.05) is 49.7 Å². The monoisotopic (exact) mass is 1070 g/mol. The molecule has 6 aromatic rings. The van der Waals surface area contributed by atoms with Gasteiger partial charge >= 0.3 is 0 Å². The highest BCUT2D eigenvalue weighted by Gasteiger charge is 2.22. The lowest BCUT2D eigenvalue weighted by molar-refractivity contribution is 0.153. The second-order valence-electron chi connectivity index (χ2n) is 15.9. The van der Waals surface area contributed by atoms with Crippen molar-refractivity contribution < 1.29 is 4.74 Å². The Bertz CT molecular complexity index is 2210. The average Bonchev–Trinajstić information content (AvgIpc) is 3.98. The molecule has 19 heteroatoms. The molecule has 2 aliphatic heterocycles. The smallest absolute Gasteiger partial charge is 0.181 e. The van der Waals surface area contributed by atoms with Crippen molar-refractivity contribution >= 4 is 122 Å². The number of hydrogen-bond donors (Lipinski definition) is 1. The third-order valence-electron chi connectivity index (χ3n) is 9.87. The van der Waals surface area contributed by atoms with Crippen LogP contribution in [0.3, 0.4) is 0 Å². The van der Waals surface area contributed by atoms with Gasteiger partial charge in [0, 0.05) is 40.2 Å². The summed E-state index contributed by atoms with van der Waals surface area (Å²) in [4.78, 5) is 25.7. The van der Waals surface area contributed by atoms with E-state index in [1.807, 2.05) is 38.6 Å². The van der Waals surface area contributed by atoms with Crippen molar-refractivity contribution in [2.24, 2.45) is 0 Å². The number of nitrogens with one attached hydrogen (secondary N) is 1. The van der Waals surface area contributed by atoms with Crippen molar-refractivity contribution in [1.82, 2.24) is 47.3 Å². The number of likely N-dealkylation sites (tertiary alicyclic amines) is 2. The van der Waals surface area contributed by atoms with Crippen LogP contribution in [0.1, 0.15) is 61.3 Å². The first kappa shape index (κ1) is 44.5. The average molecular weight is 1080 g/mol. The van der Waals surface area contributed by atoms with Crippen LogP contribution in [0, 0.1) is 21.2 Å². The van der Waals surface area contributed by atoms with Crippen LogP contribution in [0.5, 0.6) is 0 Å². The number of halogens is 3. The molecule has 308 valence electrons. The van der Waals surface area contributed by atoms with Gasteiger partial charge in [0.25, 0.3) is 0 Å². The number of aryl methyl sites for hydroxylation is 2. The molecule has 13 nitrogen and oxygen atoms in total. The van der Waals surface area contributed by atoms with Crippen molar-refractivity contribution in [3.63, 3.8) is 0 Å².